The van der Waals surface area contributed by atoms with Gasteiger partial charge in [0.25, 0.3) is 0 Å². The summed E-state index contributed by atoms with van der Waals surface area (Å²) in [6, 6.07) is 0. The van der Waals surface area contributed by atoms with E-state index in [9.17, 15) is 0 Å². The SMILES string of the molecule is CN1C[C@H](O)ON1. The van der Waals surface area contributed by atoms with Crippen LogP contribution < -0.4 is 5.59 Å². The Bertz CT molecular complexity index is 60.0. The van der Waals surface area contributed by atoms with Gasteiger partial charge in [-0.3, -0.25) is 4.84 Å². The largest absolute Gasteiger partial charge is 0.365 e. The number of nitrogens with zero attached hydrogens (tertiary/aromatic N) is 1. The zero-order valence-corrected chi connectivity index (χ0v) is 4.09. The van der Waals surface area contributed by atoms with Gasteiger partial charge in [0, 0.05) is 7.05 Å². The van der Waals surface area contributed by atoms with Gasteiger partial charge in [0.15, 0.2) is 6.29 Å². The van der Waals surface area contributed by atoms with E-state index >= 15 is 0 Å². The molecule has 0 amide bonds. The third kappa shape index (κ3) is 1.10. The van der Waals surface area contributed by atoms with Crippen molar-refractivity contribution in [2.75, 3.05) is 13.6 Å². The lowest BCUT2D eigenvalue weighted by molar-refractivity contribution is -0.108. The van der Waals surface area contributed by atoms with Crippen molar-refractivity contribution in [3.8, 4) is 0 Å². The average molecular weight is 104 g/mol. The molecule has 0 spiro atoms. The van der Waals surface area contributed by atoms with E-state index in [1.807, 2.05) is 0 Å². The normalized spacial score (nSPS) is 34.3. The van der Waals surface area contributed by atoms with Crippen molar-refractivity contribution in [3.05, 3.63) is 0 Å². The lowest BCUT2D eigenvalue weighted by atomic mass is 10.6. The summed E-state index contributed by atoms with van der Waals surface area (Å²) in [5.74, 6) is 0. The molecule has 7 heavy (non-hydrogen) atoms. The fourth-order valence-electron chi connectivity index (χ4n) is 0.460. The van der Waals surface area contributed by atoms with Crippen molar-refractivity contribution in [3.63, 3.8) is 0 Å². The Morgan fingerprint density at radius 3 is 2.86 bits per heavy atom. The molecule has 0 radical (unpaired) electrons. The first-order chi connectivity index (χ1) is 3.29. The van der Waals surface area contributed by atoms with Crippen molar-refractivity contribution in [1.82, 2.24) is 10.6 Å². The summed E-state index contributed by atoms with van der Waals surface area (Å²) < 4.78 is 0. The Kier molecular flexibility index (Phi) is 1.25. The van der Waals surface area contributed by atoms with E-state index in [4.69, 9.17) is 5.11 Å². The number of hydrogen-bond acceptors (Lipinski definition) is 4. The van der Waals surface area contributed by atoms with Gasteiger partial charge >= 0.3 is 0 Å². The number of nitrogens with one attached hydrogen (secondary N) is 1. The summed E-state index contributed by atoms with van der Waals surface area (Å²) in [6.45, 7) is 0.528. The number of likely N-dealkylation sites (N-methyl/N-ethyl adjacent to an activating group) is 1. The molecule has 0 aromatic heterocycles. The van der Waals surface area contributed by atoms with Crippen molar-refractivity contribution < 1.29 is 9.94 Å². The molecule has 0 unspecified atom stereocenters. The van der Waals surface area contributed by atoms with E-state index in [0.717, 1.165) is 0 Å². The van der Waals surface area contributed by atoms with E-state index in [1.165, 1.54) is 0 Å². The number of hydrazine groups is 1. The van der Waals surface area contributed by atoms with Crippen LogP contribution in [-0.4, -0.2) is 30.0 Å². The van der Waals surface area contributed by atoms with Gasteiger partial charge in [-0.25, -0.2) is 5.01 Å². The Labute approximate surface area is 41.6 Å². The molecule has 0 aromatic carbocycles. The van der Waals surface area contributed by atoms with E-state index < -0.39 is 6.29 Å². The molecule has 0 saturated carbocycles. The molecule has 0 bridgehead atoms. The smallest absolute Gasteiger partial charge is 0.190 e. The van der Waals surface area contributed by atoms with Crippen molar-refractivity contribution >= 4 is 0 Å². The summed E-state index contributed by atoms with van der Waals surface area (Å²) in [5, 5.41) is 10.2. The minimum Gasteiger partial charge on any atom is -0.365 e. The van der Waals surface area contributed by atoms with Gasteiger partial charge in [0.2, 0.25) is 0 Å². The number of rotatable bonds is 0. The van der Waals surface area contributed by atoms with Crippen LogP contribution in [0.1, 0.15) is 0 Å². The zero-order valence-electron chi connectivity index (χ0n) is 4.09. The predicted molar refractivity (Wildman–Crippen MR) is 22.9 cm³/mol. The second-order valence-electron chi connectivity index (χ2n) is 1.54. The van der Waals surface area contributed by atoms with Crippen LogP contribution in [0.15, 0.2) is 0 Å². The molecule has 1 aliphatic heterocycles. The second kappa shape index (κ2) is 1.75. The number of β-amino-alcohol motifs (C(OH)–C–C–N with tert-alkyl or cyclic N) is 1. The van der Waals surface area contributed by atoms with Crippen LogP contribution in [0.25, 0.3) is 0 Å². The van der Waals surface area contributed by atoms with Crippen LogP contribution in [0.4, 0.5) is 0 Å². The van der Waals surface area contributed by atoms with Crippen molar-refractivity contribution in [1.29, 1.82) is 0 Å². The summed E-state index contributed by atoms with van der Waals surface area (Å²) in [4.78, 5) is 4.50. The molecule has 0 aliphatic carbocycles. The Morgan fingerprint density at radius 2 is 2.71 bits per heavy atom. The van der Waals surface area contributed by atoms with Crippen LogP contribution in [-0.2, 0) is 4.84 Å². The highest BCUT2D eigenvalue weighted by molar-refractivity contribution is 4.48. The summed E-state index contributed by atoms with van der Waals surface area (Å²) in [6.07, 6.45) is -0.662. The quantitative estimate of drug-likeness (QED) is 0.400. The number of hydrogen-bond donors (Lipinski definition) is 2. The fraction of sp³-hybridized carbons (Fsp3) is 1.00. The van der Waals surface area contributed by atoms with Gasteiger partial charge in [0.05, 0.1) is 6.54 Å². The molecule has 1 atom stereocenters. The first-order valence-electron chi connectivity index (χ1n) is 2.09. The Morgan fingerprint density at radius 1 is 2.00 bits per heavy atom. The van der Waals surface area contributed by atoms with Crippen molar-refractivity contribution in [2.45, 2.75) is 6.29 Å². The third-order valence-corrected chi connectivity index (χ3v) is 0.775. The maximum absolute atomic E-state index is 8.57. The van der Waals surface area contributed by atoms with E-state index in [0.29, 0.717) is 6.54 Å². The van der Waals surface area contributed by atoms with Crippen LogP contribution in [0.3, 0.4) is 0 Å². The minimum atomic E-state index is -0.662. The second-order valence-corrected chi connectivity index (χ2v) is 1.54. The van der Waals surface area contributed by atoms with Gasteiger partial charge in [0.1, 0.15) is 0 Å². The highest BCUT2D eigenvalue weighted by Gasteiger charge is 2.15. The third-order valence-electron chi connectivity index (χ3n) is 0.775. The first kappa shape index (κ1) is 4.99. The predicted octanol–water partition coefficient (Wildman–Crippen LogP) is -1.31. The topological polar surface area (TPSA) is 44.7 Å². The molecule has 42 valence electrons. The maximum Gasteiger partial charge on any atom is 0.190 e. The van der Waals surface area contributed by atoms with Gasteiger partial charge in [-0.15, -0.1) is 5.59 Å². The number of aliphatic hydroxyl groups excluding tert-OH is 1. The van der Waals surface area contributed by atoms with E-state index in [-0.39, 0.29) is 0 Å². The van der Waals surface area contributed by atoms with Crippen LogP contribution >= 0.6 is 0 Å². The van der Waals surface area contributed by atoms with Crippen LogP contribution in [0.2, 0.25) is 0 Å². The molecular weight excluding hydrogens is 96.0 g/mol. The maximum atomic E-state index is 8.57. The molecule has 1 fully saturated rings. The molecule has 4 heteroatoms. The summed E-state index contributed by atoms with van der Waals surface area (Å²) in [5.41, 5.74) is 2.45. The average Bonchev–Trinajstić information content (AvgIpc) is 1.87. The molecule has 4 nitrogen and oxygen atoms in total. The highest BCUT2D eigenvalue weighted by Crippen LogP contribution is 1.93. The fourth-order valence-corrected chi connectivity index (χ4v) is 0.460. The van der Waals surface area contributed by atoms with Gasteiger partial charge in [-0.1, -0.05) is 0 Å². The molecule has 1 aliphatic rings. The standard InChI is InChI=1S/C3H8N2O2/c1-5-2-3(6)7-4-5/h3-4,6H,2H2,1H3/t3-/m1/s1. The monoisotopic (exact) mass is 104 g/mol. The lowest BCUT2D eigenvalue weighted by Crippen LogP contribution is -2.24. The molecule has 2 N–H and O–H groups in total. The lowest BCUT2D eigenvalue weighted by Gasteiger charge is -1.99. The molecule has 1 heterocycles. The van der Waals surface area contributed by atoms with E-state index in [1.54, 1.807) is 12.1 Å². The molecule has 1 saturated heterocycles. The zero-order chi connectivity index (χ0) is 5.28. The van der Waals surface area contributed by atoms with Gasteiger partial charge < -0.3 is 5.11 Å². The minimum absolute atomic E-state index is 0.528. The molecular formula is C3H8N2O2. The highest BCUT2D eigenvalue weighted by atomic mass is 16.8. The summed E-state index contributed by atoms with van der Waals surface area (Å²) >= 11 is 0. The van der Waals surface area contributed by atoms with E-state index in [2.05, 4.69) is 10.4 Å². The number of aliphatic hydroxyl groups is 1. The van der Waals surface area contributed by atoms with Gasteiger partial charge in [-0.2, -0.15) is 0 Å². The Hall–Kier alpha value is -0.160. The van der Waals surface area contributed by atoms with Crippen LogP contribution in [0, 0.1) is 0 Å². The van der Waals surface area contributed by atoms with Crippen LogP contribution in [0.5, 0.6) is 0 Å². The summed E-state index contributed by atoms with van der Waals surface area (Å²) in [7, 11) is 1.79. The molecule has 1 rings (SSSR count). The van der Waals surface area contributed by atoms with Crippen molar-refractivity contribution in [2.24, 2.45) is 0 Å². The molecule has 0 aromatic rings. The van der Waals surface area contributed by atoms with Gasteiger partial charge in [-0.05, 0) is 0 Å². The Balaban J connectivity index is 2.26. The first-order valence-corrected chi connectivity index (χ1v) is 2.09.